The van der Waals surface area contributed by atoms with E-state index < -0.39 is 5.82 Å². The number of aromatic nitrogens is 3. The van der Waals surface area contributed by atoms with Crippen molar-refractivity contribution in [3.8, 4) is 11.4 Å². The number of halogens is 2. The zero-order valence-corrected chi connectivity index (χ0v) is 12.4. The van der Waals surface area contributed by atoms with E-state index in [9.17, 15) is 4.39 Å². The molecule has 0 spiro atoms. The molecule has 4 nitrogen and oxygen atoms in total. The van der Waals surface area contributed by atoms with E-state index >= 15 is 0 Å². The van der Waals surface area contributed by atoms with Crippen LogP contribution in [0.2, 0.25) is 0 Å². The number of alkyl halides is 1. The van der Waals surface area contributed by atoms with Gasteiger partial charge in [0.15, 0.2) is 11.6 Å². The summed E-state index contributed by atoms with van der Waals surface area (Å²) in [6, 6.07) is 4.74. The third kappa shape index (κ3) is 3.12. The maximum atomic E-state index is 13.8. The van der Waals surface area contributed by atoms with Crippen LogP contribution in [0.4, 0.5) is 4.39 Å². The van der Waals surface area contributed by atoms with E-state index in [1.54, 1.807) is 23.0 Å². The highest BCUT2D eigenvalue weighted by atomic mass is 79.9. The predicted octanol–water partition coefficient (Wildman–Crippen LogP) is 3.65. The fraction of sp³-hybridized carbons (Fsp3) is 0.385. The molecule has 0 saturated carbocycles. The molecule has 1 aromatic heterocycles. The summed E-state index contributed by atoms with van der Waals surface area (Å²) in [5, 5.41) is 8.07. The van der Waals surface area contributed by atoms with Crippen molar-refractivity contribution in [2.75, 3.05) is 6.61 Å². The van der Waals surface area contributed by atoms with Crippen LogP contribution in [0.3, 0.4) is 0 Å². The number of nitrogens with zero attached hydrogens (tertiary/aromatic N) is 3. The average molecular weight is 328 g/mol. The van der Waals surface area contributed by atoms with E-state index in [1.807, 2.05) is 6.92 Å². The van der Waals surface area contributed by atoms with Gasteiger partial charge in [-0.15, -0.1) is 5.10 Å². The SMILES string of the molecule is CCOc1ccc(-n2cc(C(Br)CC)nn2)cc1F. The minimum atomic E-state index is -0.401. The maximum Gasteiger partial charge on any atom is 0.167 e. The van der Waals surface area contributed by atoms with Gasteiger partial charge in [-0.1, -0.05) is 28.1 Å². The Bertz CT molecular complexity index is 559. The van der Waals surface area contributed by atoms with Crippen LogP contribution in [0.25, 0.3) is 5.69 Å². The summed E-state index contributed by atoms with van der Waals surface area (Å²) in [6.07, 6.45) is 2.70. The third-order valence-electron chi connectivity index (χ3n) is 2.67. The van der Waals surface area contributed by atoms with Crippen molar-refractivity contribution < 1.29 is 9.13 Å². The first-order chi connectivity index (χ1) is 9.15. The van der Waals surface area contributed by atoms with Gasteiger partial charge >= 0.3 is 0 Å². The van der Waals surface area contributed by atoms with Gasteiger partial charge in [0.1, 0.15) is 0 Å². The molecular weight excluding hydrogens is 313 g/mol. The van der Waals surface area contributed by atoms with Crippen LogP contribution in [-0.2, 0) is 0 Å². The van der Waals surface area contributed by atoms with Crippen LogP contribution in [0.15, 0.2) is 24.4 Å². The zero-order valence-electron chi connectivity index (χ0n) is 10.8. The molecule has 0 aliphatic heterocycles. The number of rotatable bonds is 5. The molecule has 6 heteroatoms. The van der Waals surface area contributed by atoms with Crippen molar-refractivity contribution in [1.82, 2.24) is 15.0 Å². The first kappa shape index (κ1) is 14.0. The second-order valence-corrected chi connectivity index (χ2v) is 5.12. The lowest BCUT2D eigenvalue weighted by Crippen LogP contribution is -1.99. The van der Waals surface area contributed by atoms with Crippen molar-refractivity contribution in [1.29, 1.82) is 0 Å². The molecule has 1 aromatic carbocycles. The quantitative estimate of drug-likeness (QED) is 0.787. The summed E-state index contributed by atoms with van der Waals surface area (Å²) in [4.78, 5) is 0.161. The van der Waals surface area contributed by atoms with Gasteiger partial charge in [-0.3, -0.25) is 0 Å². The number of ether oxygens (including phenoxy) is 1. The topological polar surface area (TPSA) is 39.9 Å². The lowest BCUT2D eigenvalue weighted by Gasteiger charge is -2.06. The van der Waals surface area contributed by atoms with E-state index in [1.165, 1.54) is 6.07 Å². The van der Waals surface area contributed by atoms with Gasteiger partial charge in [0.2, 0.25) is 0 Å². The number of hydrogen-bond donors (Lipinski definition) is 0. The van der Waals surface area contributed by atoms with Crippen LogP contribution in [0.1, 0.15) is 30.8 Å². The Morgan fingerprint density at radius 3 is 2.84 bits per heavy atom. The Balaban J connectivity index is 2.27. The van der Waals surface area contributed by atoms with Crippen molar-refractivity contribution >= 4 is 15.9 Å². The summed E-state index contributed by atoms with van der Waals surface area (Å²) < 4.78 is 20.5. The van der Waals surface area contributed by atoms with Crippen LogP contribution in [0.5, 0.6) is 5.75 Å². The van der Waals surface area contributed by atoms with Crippen LogP contribution < -0.4 is 4.74 Å². The van der Waals surface area contributed by atoms with E-state index in [4.69, 9.17) is 4.74 Å². The normalized spacial score (nSPS) is 12.4. The highest BCUT2D eigenvalue weighted by Gasteiger charge is 2.11. The van der Waals surface area contributed by atoms with E-state index in [0.717, 1.165) is 12.1 Å². The van der Waals surface area contributed by atoms with Gasteiger partial charge in [-0.2, -0.15) is 0 Å². The van der Waals surface area contributed by atoms with Gasteiger partial charge < -0.3 is 4.74 Å². The van der Waals surface area contributed by atoms with E-state index in [2.05, 4.69) is 33.2 Å². The average Bonchev–Trinajstić information content (AvgIpc) is 2.90. The number of benzene rings is 1. The standard InChI is InChI=1S/C13H15BrFN3O/c1-3-10(14)12-8-18(17-16-12)9-5-6-13(19-4-2)11(15)7-9/h5-8,10H,3-4H2,1-2H3. The largest absolute Gasteiger partial charge is 0.491 e. The van der Waals surface area contributed by atoms with Crippen molar-refractivity contribution in [2.24, 2.45) is 0 Å². The smallest absolute Gasteiger partial charge is 0.167 e. The molecular formula is C13H15BrFN3O. The van der Waals surface area contributed by atoms with Crippen molar-refractivity contribution in [2.45, 2.75) is 25.1 Å². The monoisotopic (exact) mass is 327 g/mol. The molecule has 0 amide bonds. The van der Waals surface area contributed by atoms with Gasteiger partial charge in [0, 0.05) is 6.07 Å². The Labute approximate surface area is 119 Å². The summed E-state index contributed by atoms with van der Waals surface area (Å²) in [5.41, 5.74) is 1.45. The second kappa shape index (κ2) is 6.14. The lowest BCUT2D eigenvalue weighted by atomic mass is 10.2. The zero-order chi connectivity index (χ0) is 13.8. The molecule has 19 heavy (non-hydrogen) atoms. The van der Waals surface area contributed by atoms with Gasteiger partial charge in [0.25, 0.3) is 0 Å². The summed E-state index contributed by atoms with van der Waals surface area (Å²) >= 11 is 3.51. The fourth-order valence-electron chi connectivity index (χ4n) is 1.66. The van der Waals surface area contributed by atoms with Crippen LogP contribution >= 0.6 is 15.9 Å². The molecule has 0 aliphatic carbocycles. The molecule has 102 valence electrons. The molecule has 0 fully saturated rings. The minimum absolute atomic E-state index is 0.161. The molecule has 2 rings (SSSR count). The van der Waals surface area contributed by atoms with Crippen molar-refractivity contribution in [3.05, 3.63) is 35.9 Å². The lowest BCUT2D eigenvalue weighted by molar-refractivity contribution is 0.321. The second-order valence-electron chi connectivity index (χ2n) is 4.01. The molecule has 0 saturated heterocycles. The molecule has 0 N–H and O–H groups in total. The maximum absolute atomic E-state index is 13.8. The Hall–Kier alpha value is -1.43. The molecule has 0 bridgehead atoms. The fourth-order valence-corrected chi connectivity index (χ4v) is 1.87. The first-order valence-corrected chi connectivity index (χ1v) is 7.06. The Morgan fingerprint density at radius 2 is 2.21 bits per heavy atom. The molecule has 1 atom stereocenters. The molecule has 1 heterocycles. The Morgan fingerprint density at radius 1 is 1.42 bits per heavy atom. The van der Waals surface area contributed by atoms with Crippen LogP contribution in [0, 0.1) is 5.82 Å². The first-order valence-electron chi connectivity index (χ1n) is 6.14. The summed E-state index contributed by atoms with van der Waals surface area (Å²) in [7, 11) is 0. The predicted molar refractivity (Wildman–Crippen MR) is 74.4 cm³/mol. The molecule has 0 aliphatic rings. The number of hydrogen-bond acceptors (Lipinski definition) is 3. The minimum Gasteiger partial charge on any atom is -0.491 e. The van der Waals surface area contributed by atoms with E-state index in [-0.39, 0.29) is 10.6 Å². The van der Waals surface area contributed by atoms with Gasteiger partial charge in [0.05, 0.1) is 29.0 Å². The molecule has 1 unspecified atom stereocenters. The highest BCUT2D eigenvalue weighted by Crippen LogP contribution is 2.25. The van der Waals surface area contributed by atoms with Gasteiger partial charge in [-0.05, 0) is 25.5 Å². The molecule has 2 aromatic rings. The van der Waals surface area contributed by atoms with Crippen molar-refractivity contribution in [3.63, 3.8) is 0 Å². The summed E-state index contributed by atoms with van der Waals surface area (Å²) in [6.45, 7) is 4.30. The van der Waals surface area contributed by atoms with Gasteiger partial charge in [-0.25, -0.2) is 9.07 Å². The Kier molecular flexibility index (Phi) is 4.52. The van der Waals surface area contributed by atoms with Crippen LogP contribution in [-0.4, -0.2) is 21.6 Å². The molecule has 0 radical (unpaired) electrons. The highest BCUT2D eigenvalue weighted by molar-refractivity contribution is 9.09. The summed E-state index contributed by atoms with van der Waals surface area (Å²) in [5.74, 6) is -0.152. The third-order valence-corrected chi connectivity index (χ3v) is 3.79. The van der Waals surface area contributed by atoms with E-state index in [0.29, 0.717) is 12.3 Å².